The van der Waals surface area contributed by atoms with Gasteiger partial charge in [0.1, 0.15) is 18.2 Å². The van der Waals surface area contributed by atoms with Crippen LogP contribution in [0.5, 0.6) is 17.2 Å². The van der Waals surface area contributed by atoms with Crippen molar-refractivity contribution in [1.29, 1.82) is 0 Å². The summed E-state index contributed by atoms with van der Waals surface area (Å²) in [5.41, 5.74) is 4.37. The number of methoxy groups -OCH3 is 2. The highest BCUT2D eigenvalue weighted by molar-refractivity contribution is 9.13. The van der Waals surface area contributed by atoms with Crippen LogP contribution in [0.2, 0.25) is 0 Å². The summed E-state index contributed by atoms with van der Waals surface area (Å²) in [6.45, 7) is 6.34. The molecule has 0 aliphatic rings. The molecule has 44 heavy (non-hydrogen) atoms. The summed E-state index contributed by atoms with van der Waals surface area (Å²) in [5, 5.41) is 5.12. The van der Waals surface area contributed by atoms with E-state index in [1.165, 1.54) is 23.9 Å². The average molecular weight is 723 g/mol. The number of fused-ring (bicyclic) bond motifs is 1. The molecule has 10 heteroatoms. The first-order valence-corrected chi connectivity index (χ1v) is 15.4. The third-order valence-electron chi connectivity index (χ3n) is 7.18. The fourth-order valence-corrected chi connectivity index (χ4v) is 5.75. The van der Waals surface area contributed by atoms with Gasteiger partial charge in [0, 0.05) is 15.6 Å². The number of nitrogens with zero attached hydrogens (tertiary/aromatic N) is 3. The summed E-state index contributed by atoms with van der Waals surface area (Å²) >= 11 is 7.25. The van der Waals surface area contributed by atoms with Crippen molar-refractivity contribution in [3.05, 3.63) is 114 Å². The van der Waals surface area contributed by atoms with Crippen molar-refractivity contribution < 1.29 is 18.6 Å². The van der Waals surface area contributed by atoms with Crippen LogP contribution in [0, 0.1) is 12.7 Å². The van der Waals surface area contributed by atoms with Crippen LogP contribution in [-0.4, -0.2) is 30.1 Å². The van der Waals surface area contributed by atoms with Crippen molar-refractivity contribution in [2.45, 2.75) is 33.3 Å². The van der Waals surface area contributed by atoms with E-state index in [9.17, 15) is 9.18 Å². The Bertz CT molecular complexity index is 1940. The second kappa shape index (κ2) is 13.3. The lowest BCUT2D eigenvalue weighted by atomic mass is 9.96. The molecule has 1 aromatic heterocycles. The van der Waals surface area contributed by atoms with Gasteiger partial charge in [-0.15, -0.1) is 0 Å². The van der Waals surface area contributed by atoms with Gasteiger partial charge in [0.2, 0.25) is 0 Å². The standard InChI is InChI=1S/C34H30Br2FN3O4/c1-19(2)25-16-26(20(3)14-28(25)42-4)33-39-27-9-7-6-8-24(27)34(41)40(33)38-17-22-15-29(43-5)32(31(36)30(22)35)44-18-21-10-12-23(37)13-11-21/h6-17,19H,18H2,1-5H3. The summed E-state index contributed by atoms with van der Waals surface area (Å²) in [6, 6.07) is 19.0. The van der Waals surface area contributed by atoms with Crippen molar-refractivity contribution in [2.24, 2.45) is 5.10 Å². The quantitative estimate of drug-likeness (QED) is 0.143. The maximum absolute atomic E-state index is 13.9. The van der Waals surface area contributed by atoms with Gasteiger partial charge in [0.25, 0.3) is 5.56 Å². The largest absolute Gasteiger partial charge is 0.496 e. The molecule has 0 unspecified atom stereocenters. The van der Waals surface area contributed by atoms with Crippen LogP contribution in [0.3, 0.4) is 0 Å². The van der Waals surface area contributed by atoms with Crippen LogP contribution in [0.1, 0.15) is 42.0 Å². The number of hydrogen-bond donors (Lipinski definition) is 0. The molecule has 0 spiro atoms. The lowest BCUT2D eigenvalue weighted by Gasteiger charge is -2.17. The molecular formula is C34H30Br2FN3O4. The van der Waals surface area contributed by atoms with Crippen molar-refractivity contribution in [3.63, 3.8) is 0 Å². The Hall–Kier alpha value is -4.02. The maximum atomic E-state index is 13.9. The van der Waals surface area contributed by atoms with Crippen LogP contribution in [0.15, 0.2) is 85.6 Å². The van der Waals surface area contributed by atoms with E-state index in [2.05, 4.69) is 50.8 Å². The Morgan fingerprint density at radius 1 is 0.977 bits per heavy atom. The molecule has 7 nitrogen and oxygen atoms in total. The summed E-state index contributed by atoms with van der Waals surface area (Å²) < 4.78 is 33.2. The summed E-state index contributed by atoms with van der Waals surface area (Å²) in [5.74, 6) is 1.96. The molecule has 0 aliphatic carbocycles. The Morgan fingerprint density at radius 3 is 2.36 bits per heavy atom. The number of aromatic nitrogens is 2. The van der Waals surface area contributed by atoms with Gasteiger partial charge < -0.3 is 14.2 Å². The van der Waals surface area contributed by atoms with E-state index >= 15 is 0 Å². The fourth-order valence-electron chi connectivity index (χ4n) is 4.81. The number of rotatable bonds is 9. The van der Waals surface area contributed by atoms with Crippen LogP contribution < -0.4 is 19.8 Å². The zero-order valence-electron chi connectivity index (χ0n) is 24.8. The van der Waals surface area contributed by atoms with Gasteiger partial charge >= 0.3 is 0 Å². The Labute approximate surface area is 271 Å². The highest BCUT2D eigenvalue weighted by atomic mass is 79.9. The topological polar surface area (TPSA) is 74.9 Å². The molecule has 5 aromatic rings. The first-order chi connectivity index (χ1) is 21.1. The second-order valence-corrected chi connectivity index (χ2v) is 12.0. The van der Waals surface area contributed by atoms with Crippen LogP contribution in [0.25, 0.3) is 22.3 Å². The minimum Gasteiger partial charge on any atom is -0.496 e. The first kappa shape index (κ1) is 31.4. The van der Waals surface area contributed by atoms with E-state index in [0.717, 1.165) is 28.0 Å². The van der Waals surface area contributed by atoms with Crippen molar-refractivity contribution >= 4 is 49.0 Å². The minimum absolute atomic E-state index is 0.179. The molecule has 1 heterocycles. The molecule has 4 aromatic carbocycles. The van der Waals surface area contributed by atoms with E-state index in [1.54, 1.807) is 43.7 Å². The number of para-hydroxylation sites is 1. The van der Waals surface area contributed by atoms with Gasteiger partial charge in [-0.3, -0.25) is 4.79 Å². The number of hydrogen-bond acceptors (Lipinski definition) is 6. The van der Waals surface area contributed by atoms with Crippen molar-refractivity contribution in [3.8, 4) is 28.6 Å². The number of benzene rings is 4. The maximum Gasteiger partial charge on any atom is 0.282 e. The van der Waals surface area contributed by atoms with Crippen molar-refractivity contribution in [2.75, 3.05) is 14.2 Å². The molecule has 0 aliphatic heterocycles. The molecule has 0 atom stereocenters. The van der Waals surface area contributed by atoms with Gasteiger partial charge in [-0.1, -0.05) is 38.1 Å². The molecule has 0 radical (unpaired) electrons. The smallest absolute Gasteiger partial charge is 0.282 e. The number of aryl methyl sites for hydroxylation is 1. The van der Waals surface area contributed by atoms with Crippen LogP contribution >= 0.6 is 31.9 Å². The summed E-state index contributed by atoms with van der Waals surface area (Å²) in [4.78, 5) is 18.8. The Kier molecular flexibility index (Phi) is 9.51. The van der Waals surface area contributed by atoms with Gasteiger partial charge in [0.15, 0.2) is 17.3 Å². The average Bonchev–Trinajstić information content (AvgIpc) is 3.02. The second-order valence-electron chi connectivity index (χ2n) is 10.4. The molecular weight excluding hydrogens is 693 g/mol. The predicted octanol–water partition coefficient (Wildman–Crippen LogP) is 8.64. The molecule has 0 N–H and O–H groups in total. The zero-order chi connectivity index (χ0) is 31.5. The van der Waals surface area contributed by atoms with Gasteiger partial charge in [-0.2, -0.15) is 9.78 Å². The Balaban J connectivity index is 1.62. The third-order valence-corrected chi connectivity index (χ3v) is 9.32. The van der Waals surface area contributed by atoms with E-state index in [4.69, 9.17) is 19.2 Å². The predicted molar refractivity (Wildman–Crippen MR) is 179 cm³/mol. The monoisotopic (exact) mass is 721 g/mol. The normalized spacial score (nSPS) is 11.5. The minimum atomic E-state index is -0.315. The zero-order valence-corrected chi connectivity index (χ0v) is 28.0. The SMILES string of the molecule is COc1cc(C)c(-c2nc3ccccc3c(=O)n2N=Cc2cc(OC)c(OCc3ccc(F)cc3)c(Br)c2Br)cc1C(C)C. The molecule has 0 fully saturated rings. The molecule has 0 saturated heterocycles. The lowest BCUT2D eigenvalue weighted by Crippen LogP contribution is -2.21. The number of ether oxygens (including phenoxy) is 3. The fraction of sp³-hybridized carbons (Fsp3) is 0.206. The van der Waals surface area contributed by atoms with E-state index < -0.39 is 0 Å². The number of halogens is 3. The van der Waals surface area contributed by atoms with Crippen LogP contribution in [0.4, 0.5) is 4.39 Å². The molecule has 0 bridgehead atoms. The lowest BCUT2D eigenvalue weighted by molar-refractivity contribution is 0.282. The first-order valence-electron chi connectivity index (χ1n) is 13.8. The van der Waals surface area contributed by atoms with Gasteiger partial charge in [-0.25, -0.2) is 9.37 Å². The molecule has 226 valence electrons. The van der Waals surface area contributed by atoms with Crippen molar-refractivity contribution in [1.82, 2.24) is 9.66 Å². The highest BCUT2D eigenvalue weighted by Crippen LogP contribution is 2.43. The summed E-state index contributed by atoms with van der Waals surface area (Å²) in [6.07, 6.45) is 1.57. The van der Waals surface area contributed by atoms with E-state index in [-0.39, 0.29) is 23.9 Å². The highest BCUT2D eigenvalue weighted by Gasteiger charge is 2.20. The van der Waals surface area contributed by atoms with E-state index in [1.807, 2.05) is 31.2 Å². The van der Waals surface area contributed by atoms with Gasteiger partial charge in [0.05, 0.1) is 35.8 Å². The molecule has 0 amide bonds. The summed E-state index contributed by atoms with van der Waals surface area (Å²) in [7, 11) is 3.19. The Morgan fingerprint density at radius 2 is 1.68 bits per heavy atom. The van der Waals surface area contributed by atoms with Crippen LogP contribution in [-0.2, 0) is 6.61 Å². The van der Waals surface area contributed by atoms with Gasteiger partial charge in [-0.05, 0) is 104 Å². The molecule has 0 saturated carbocycles. The molecule has 5 rings (SSSR count). The third kappa shape index (κ3) is 6.27. The van der Waals surface area contributed by atoms with E-state index in [0.29, 0.717) is 42.7 Å².